The number of ether oxygens (including phenoxy) is 1. The molecule has 0 bridgehead atoms. The van der Waals surface area contributed by atoms with E-state index in [4.69, 9.17) is 17.3 Å². The van der Waals surface area contributed by atoms with Crippen LogP contribution in [0, 0.1) is 5.82 Å². The fraction of sp³-hybridized carbons (Fsp3) is 0.143. The molecule has 11 heavy (non-hydrogen) atoms. The van der Waals surface area contributed by atoms with Gasteiger partial charge < -0.3 is 10.5 Å². The van der Waals surface area contributed by atoms with Crippen molar-refractivity contribution in [2.24, 2.45) is 0 Å². The maximum absolute atomic E-state index is 12.8. The van der Waals surface area contributed by atoms with E-state index in [0.717, 1.165) is 0 Å². The van der Waals surface area contributed by atoms with Crippen LogP contribution in [0.1, 0.15) is 0 Å². The molecule has 0 aromatic heterocycles. The van der Waals surface area contributed by atoms with E-state index in [-0.39, 0.29) is 10.8 Å². The third-order valence-corrected chi connectivity index (χ3v) is 1.67. The molecule has 0 saturated carbocycles. The van der Waals surface area contributed by atoms with E-state index in [1.807, 2.05) is 0 Å². The summed E-state index contributed by atoms with van der Waals surface area (Å²) in [6, 6.07) is 2.60. The Morgan fingerprint density at radius 1 is 1.55 bits per heavy atom. The Hall–Kier alpha value is -0.960. The molecular formula is C7H7ClFNO. The summed E-state index contributed by atoms with van der Waals surface area (Å²) in [4.78, 5) is 0. The van der Waals surface area contributed by atoms with E-state index >= 15 is 0 Å². The molecule has 1 aromatic carbocycles. The number of hydrogen-bond donors (Lipinski definition) is 1. The summed E-state index contributed by atoms with van der Waals surface area (Å²) in [7, 11) is 1.34. The number of nitrogen functional groups attached to an aromatic ring is 1. The van der Waals surface area contributed by atoms with Gasteiger partial charge >= 0.3 is 0 Å². The molecule has 0 aliphatic rings. The fourth-order valence-corrected chi connectivity index (χ4v) is 0.965. The van der Waals surface area contributed by atoms with Crippen molar-refractivity contribution < 1.29 is 9.13 Å². The van der Waals surface area contributed by atoms with Gasteiger partial charge in [-0.15, -0.1) is 0 Å². The highest BCUT2D eigenvalue weighted by atomic mass is 35.5. The average Bonchev–Trinajstić information content (AvgIpc) is 1.99. The van der Waals surface area contributed by atoms with Crippen LogP contribution in [0.4, 0.5) is 10.1 Å². The maximum atomic E-state index is 12.8. The first kappa shape index (κ1) is 8.14. The lowest BCUT2D eigenvalue weighted by Crippen LogP contribution is -1.93. The lowest BCUT2D eigenvalue weighted by atomic mass is 10.3. The van der Waals surface area contributed by atoms with Crippen molar-refractivity contribution in [1.82, 2.24) is 0 Å². The number of anilines is 1. The zero-order chi connectivity index (χ0) is 8.43. The first-order chi connectivity index (χ1) is 5.16. The Kier molecular flexibility index (Phi) is 2.19. The number of benzene rings is 1. The van der Waals surface area contributed by atoms with Crippen LogP contribution in [-0.2, 0) is 0 Å². The van der Waals surface area contributed by atoms with Crippen LogP contribution in [0.25, 0.3) is 0 Å². The first-order valence-corrected chi connectivity index (χ1v) is 3.32. The van der Waals surface area contributed by atoms with Crippen molar-refractivity contribution in [1.29, 1.82) is 0 Å². The van der Waals surface area contributed by atoms with E-state index in [0.29, 0.717) is 5.69 Å². The molecule has 4 heteroatoms. The smallest absolute Gasteiger partial charge is 0.175 e. The third kappa shape index (κ3) is 1.38. The fourth-order valence-electron chi connectivity index (χ4n) is 0.735. The summed E-state index contributed by atoms with van der Waals surface area (Å²) >= 11 is 5.61. The Balaban J connectivity index is 3.29. The number of methoxy groups -OCH3 is 1. The Morgan fingerprint density at radius 2 is 2.18 bits per heavy atom. The van der Waals surface area contributed by atoms with Gasteiger partial charge in [-0.25, -0.2) is 4.39 Å². The summed E-state index contributed by atoms with van der Waals surface area (Å²) in [5.74, 6) is -0.515. The van der Waals surface area contributed by atoms with Crippen LogP contribution in [-0.4, -0.2) is 7.11 Å². The predicted octanol–water partition coefficient (Wildman–Crippen LogP) is 2.07. The van der Waals surface area contributed by atoms with Gasteiger partial charge in [-0.2, -0.15) is 0 Å². The number of rotatable bonds is 1. The Labute approximate surface area is 68.7 Å². The van der Waals surface area contributed by atoms with Crippen molar-refractivity contribution in [3.8, 4) is 5.75 Å². The van der Waals surface area contributed by atoms with Crippen molar-refractivity contribution in [2.45, 2.75) is 0 Å². The molecule has 2 nitrogen and oxygen atoms in total. The highest BCUT2D eigenvalue weighted by Gasteiger charge is 2.09. The van der Waals surface area contributed by atoms with Crippen molar-refractivity contribution in [3.05, 3.63) is 23.0 Å². The zero-order valence-electron chi connectivity index (χ0n) is 5.90. The standard InChI is InChI=1S/C7H7ClFNO/c1-11-7-4(9)2-3-5(10)6(7)8/h2-3H,10H2,1H3. The number of hydrogen-bond acceptors (Lipinski definition) is 2. The van der Waals surface area contributed by atoms with Crippen molar-refractivity contribution in [2.75, 3.05) is 12.8 Å². The molecule has 0 aliphatic heterocycles. The molecule has 0 aliphatic carbocycles. The molecule has 2 N–H and O–H groups in total. The summed E-state index contributed by atoms with van der Waals surface area (Å²) in [5.41, 5.74) is 5.70. The third-order valence-electron chi connectivity index (χ3n) is 1.28. The zero-order valence-corrected chi connectivity index (χ0v) is 6.65. The van der Waals surface area contributed by atoms with Gasteiger partial charge in [0.15, 0.2) is 11.6 Å². The van der Waals surface area contributed by atoms with Gasteiger partial charge in [-0.05, 0) is 12.1 Å². The molecule has 1 aromatic rings. The summed E-state index contributed by atoms with van der Waals surface area (Å²) < 4.78 is 17.4. The van der Waals surface area contributed by atoms with Gasteiger partial charge in [0.1, 0.15) is 5.02 Å². The minimum Gasteiger partial charge on any atom is -0.492 e. The normalized spacial score (nSPS) is 9.73. The van der Waals surface area contributed by atoms with Gasteiger partial charge in [0.05, 0.1) is 12.8 Å². The molecule has 0 saturated heterocycles. The summed E-state index contributed by atoms with van der Waals surface area (Å²) in [5, 5.41) is 0.118. The highest BCUT2D eigenvalue weighted by Crippen LogP contribution is 2.32. The van der Waals surface area contributed by atoms with Crippen LogP contribution < -0.4 is 10.5 Å². The molecule has 0 amide bonds. The van der Waals surface area contributed by atoms with Crippen LogP contribution in [0.2, 0.25) is 5.02 Å². The second kappa shape index (κ2) is 2.96. The summed E-state index contributed by atoms with van der Waals surface area (Å²) in [6.07, 6.45) is 0. The highest BCUT2D eigenvalue weighted by molar-refractivity contribution is 6.34. The number of nitrogens with two attached hydrogens (primary N) is 1. The quantitative estimate of drug-likeness (QED) is 0.664. The lowest BCUT2D eigenvalue weighted by Gasteiger charge is -2.05. The Morgan fingerprint density at radius 3 is 2.64 bits per heavy atom. The molecule has 0 radical (unpaired) electrons. The van der Waals surface area contributed by atoms with Crippen molar-refractivity contribution >= 4 is 17.3 Å². The van der Waals surface area contributed by atoms with Gasteiger partial charge in [0.2, 0.25) is 0 Å². The van der Waals surface area contributed by atoms with E-state index in [1.54, 1.807) is 0 Å². The van der Waals surface area contributed by atoms with Gasteiger partial charge in [0, 0.05) is 0 Å². The number of halogens is 2. The molecule has 0 unspecified atom stereocenters. The minimum atomic E-state index is -0.508. The maximum Gasteiger partial charge on any atom is 0.175 e. The second-order valence-corrected chi connectivity index (χ2v) is 2.36. The van der Waals surface area contributed by atoms with E-state index in [2.05, 4.69) is 4.74 Å². The molecule has 0 fully saturated rings. The monoisotopic (exact) mass is 175 g/mol. The van der Waals surface area contributed by atoms with Crippen LogP contribution in [0.15, 0.2) is 12.1 Å². The van der Waals surface area contributed by atoms with Gasteiger partial charge in [-0.3, -0.25) is 0 Å². The summed E-state index contributed by atoms with van der Waals surface area (Å²) in [6.45, 7) is 0. The van der Waals surface area contributed by atoms with E-state index in [9.17, 15) is 4.39 Å². The molecule has 0 heterocycles. The Bertz CT molecular complexity index is 277. The molecular weight excluding hydrogens is 169 g/mol. The van der Waals surface area contributed by atoms with Gasteiger partial charge in [-0.1, -0.05) is 11.6 Å². The average molecular weight is 176 g/mol. The van der Waals surface area contributed by atoms with Crippen LogP contribution in [0.5, 0.6) is 5.75 Å². The van der Waals surface area contributed by atoms with E-state index < -0.39 is 5.82 Å². The van der Waals surface area contributed by atoms with Gasteiger partial charge in [0.25, 0.3) is 0 Å². The van der Waals surface area contributed by atoms with Crippen LogP contribution >= 0.6 is 11.6 Å². The molecule has 0 spiro atoms. The second-order valence-electron chi connectivity index (χ2n) is 1.98. The molecule has 0 atom stereocenters. The molecule has 60 valence electrons. The molecule has 1 rings (SSSR count). The van der Waals surface area contributed by atoms with E-state index in [1.165, 1.54) is 19.2 Å². The minimum absolute atomic E-state index is 0.00772. The van der Waals surface area contributed by atoms with Crippen molar-refractivity contribution in [3.63, 3.8) is 0 Å². The lowest BCUT2D eigenvalue weighted by molar-refractivity contribution is 0.387. The first-order valence-electron chi connectivity index (χ1n) is 2.94. The van der Waals surface area contributed by atoms with Crippen LogP contribution in [0.3, 0.4) is 0 Å². The predicted molar refractivity (Wildman–Crippen MR) is 42.4 cm³/mol. The SMILES string of the molecule is COc1c(F)ccc(N)c1Cl. The largest absolute Gasteiger partial charge is 0.492 e. The topological polar surface area (TPSA) is 35.2 Å².